The zero-order valence-electron chi connectivity index (χ0n) is 21.2. The highest BCUT2D eigenvalue weighted by Crippen LogP contribution is 2.27. The Morgan fingerprint density at radius 3 is 2.28 bits per heavy atom. The van der Waals surface area contributed by atoms with Crippen LogP contribution in [0.1, 0.15) is 41.3 Å². The largest absolute Gasteiger partial charge is 0.489 e. The zero-order valence-corrected chi connectivity index (χ0v) is 22.0. The molecule has 36 heavy (non-hydrogen) atoms. The van der Waals surface area contributed by atoms with Crippen molar-refractivity contribution < 1.29 is 22.7 Å². The van der Waals surface area contributed by atoms with Crippen LogP contribution in [0.3, 0.4) is 0 Å². The molecular weight excluding hydrogens is 482 g/mol. The molecule has 2 saturated heterocycles. The lowest BCUT2D eigenvalue weighted by Gasteiger charge is -2.33. The van der Waals surface area contributed by atoms with Gasteiger partial charge in [-0.25, -0.2) is 23.2 Å². The number of ether oxygens (including phenoxy) is 2. The molecule has 0 saturated carbocycles. The van der Waals surface area contributed by atoms with Crippen LogP contribution in [-0.4, -0.2) is 92.3 Å². The predicted octanol–water partition coefficient (Wildman–Crippen LogP) is 1.95. The molecule has 2 aliphatic heterocycles. The van der Waals surface area contributed by atoms with E-state index in [2.05, 4.69) is 26.7 Å². The third kappa shape index (κ3) is 6.51. The average molecular weight is 518 g/mol. The van der Waals surface area contributed by atoms with E-state index in [1.807, 2.05) is 30.6 Å². The second-order valence-corrected chi connectivity index (χ2v) is 11.3. The van der Waals surface area contributed by atoms with Gasteiger partial charge in [0.1, 0.15) is 17.4 Å². The number of nitrogens with zero attached hydrogens (tertiary/aromatic N) is 5. The zero-order chi connectivity index (χ0) is 25.7. The van der Waals surface area contributed by atoms with Crippen molar-refractivity contribution in [2.75, 3.05) is 57.5 Å². The lowest BCUT2D eigenvalue weighted by molar-refractivity contribution is 0.0591. The molecule has 1 aromatic carbocycles. The molecule has 2 aromatic rings. The number of methoxy groups -OCH3 is 1. The van der Waals surface area contributed by atoms with E-state index in [0.29, 0.717) is 44.0 Å². The van der Waals surface area contributed by atoms with E-state index in [0.717, 1.165) is 49.4 Å². The maximum absolute atomic E-state index is 12.5. The normalized spacial score (nSPS) is 18.2. The van der Waals surface area contributed by atoms with Crippen molar-refractivity contribution in [3.8, 4) is 5.75 Å². The van der Waals surface area contributed by atoms with Crippen molar-refractivity contribution in [1.29, 1.82) is 0 Å². The van der Waals surface area contributed by atoms with Crippen molar-refractivity contribution in [2.24, 2.45) is 0 Å². The standard InChI is InChI=1S/C25H35N5O5S/c1-4-19-16-26-25(27-17-19)29-9-7-21(8-10-29)35-23-6-5-20(15-22(23)24(31)34-2)18-28-11-13-30(14-12-28)36(3,32)33/h5-6,15-17,21H,4,7-14,18H2,1-3H3. The number of anilines is 1. The molecule has 0 N–H and O–H groups in total. The molecule has 10 nitrogen and oxygen atoms in total. The summed E-state index contributed by atoms with van der Waals surface area (Å²) in [6.45, 7) is 6.48. The highest BCUT2D eigenvalue weighted by atomic mass is 32.2. The highest BCUT2D eigenvalue weighted by molar-refractivity contribution is 7.88. The van der Waals surface area contributed by atoms with Gasteiger partial charge >= 0.3 is 5.97 Å². The Morgan fingerprint density at radius 2 is 1.69 bits per heavy atom. The van der Waals surface area contributed by atoms with Gasteiger partial charge in [0.05, 0.1) is 13.4 Å². The Kier molecular flexibility index (Phi) is 8.43. The third-order valence-corrected chi connectivity index (χ3v) is 8.08. The van der Waals surface area contributed by atoms with Crippen molar-refractivity contribution in [3.63, 3.8) is 0 Å². The first-order valence-corrected chi connectivity index (χ1v) is 14.2. The molecule has 11 heteroatoms. The van der Waals surface area contributed by atoms with Crippen molar-refractivity contribution in [2.45, 2.75) is 38.8 Å². The number of aryl methyl sites for hydroxylation is 1. The molecular formula is C25H35N5O5S. The molecule has 4 rings (SSSR count). The number of aromatic nitrogens is 2. The number of carbonyl (C=O) groups excluding carboxylic acids is 1. The summed E-state index contributed by atoms with van der Waals surface area (Å²) in [5, 5.41) is 0. The molecule has 1 aromatic heterocycles. The minimum absolute atomic E-state index is 0.0190. The van der Waals surface area contributed by atoms with Gasteiger partial charge in [-0.3, -0.25) is 4.90 Å². The minimum atomic E-state index is -3.17. The monoisotopic (exact) mass is 517 g/mol. The van der Waals surface area contributed by atoms with Gasteiger partial charge < -0.3 is 14.4 Å². The minimum Gasteiger partial charge on any atom is -0.489 e. The van der Waals surface area contributed by atoms with Crippen LogP contribution in [0.15, 0.2) is 30.6 Å². The van der Waals surface area contributed by atoms with E-state index in [-0.39, 0.29) is 6.10 Å². The maximum atomic E-state index is 12.5. The Hall–Kier alpha value is -2.76. The van der Waals surface area contributed by atoms with E-state index in [1.54, 1.807) is 0 Å². The summed E-state index contributed by atoms with van der Waals surface area (Å²) in [4.78, 5) is 25.9. The van der Waals surface area contributed by atoms with Crippen molar-refractivity contribution in [1.82, 2.24) is 19.2 Å². The summed E-state index contributed by atoms with van der Waals surface area (Å²) in [6.07, 6.45) is 7.48. The summed E-state index contributed by atoms with van der Waals surface area (Å²) in [5.41, 5.74) is 2.48. The lowest BCUT2D eigenvalue weighted by Crippen LogP contribution is -2.47. The third-order valence-electron chi connectivity index (χ3n) is 6.77. The second-order valence-electron chi connectivity index (χ2n) is 9.31. The number of esters is 1. The Bertz CT molecular complexity index is 1140. The molecule has 2 fully saturated rings. The molecule has 2 aliphatic rings. The highest BCUT2D eigenvalue weighted by Gasteiger charge is 2.26. The van der Waals surface area contributed by atoms with Gasteiger partial charge in [-0.1, -0.05) is 13.0 Å². The van der Waals surface area contributed by atoms with E-state index in [4.69, 9.17) is 9.47 Å². The Balaban J connectivity index is 1.37. The Morgan fingerprint density at radius 1 is 1.03 bits per heavy atom. The predicted molar refractivity (Wildman–Crippen MR) is 137 cm³/mol. The summed E-state index contributed by atoms with van der Waals surface area (Å²) in [6, 6.07) is 5.62. The number of carbonyl (C=O) groups is 1. The van der Waals surface area contributed by atoms with Crippen LogP contribution in [0.4, 0.5) is 5.95 Å². The smallest absolute Gasteiger partial charge is 0.341 e. The summed E-state index contributed by atoms with van der Waals surface area (Å²) in [5.74, 6) is 0.827. The summed E-state index contributed by atoms with van der Waals surface area (Å²) < 4.78 is 36.3. The van der Waals surface area contributed by atoms with Gasteiger partial charge in [0.2, 0.25) is 16.0 Å². The second kappa shape index (κ2) is 11.5. The molecule has 0 bridgehead atoms. The van der Waals surface area contributed by atoms with Gasteiger partial charge in [-0.15, -0.1) is 0 Å². The van der Waals surface area contributed by atoms with Crippen LogP contribution >= 0.6 is 0 Å². The first kappa shape index (κ1) is 26.3. The van der Waals surface area contributed by atoms with Gasteiger partial charge in [-0.2, -0.15) is 4.31 Å². The molecule has 3 heterocycles. The molecule has 0 spiro atoms. The van der Waals surface area contributed by atoms with Gasteiger partial charge in [-0.05, 0) is 29.7 Å². The number of piperazine rings is 1. The summed E-state index contributed by atoms with van der Waals surface area (Å²) >= 11 is 0. The van der Waals surface area contributed by atoms with Crippen LogP contribution in [0.2, 0.25) is 0 Å². The van der Waals surface area contributed by atoms with Gasteiger partial charge in [0.25, 0.3) is 0 Å². The number of benzene rings is 1. The Labute approximate surface area is 213 Å². The van der Waals surface area contributed by atoms with Crippen LogP contribution in [0, 0.1) is 0 Å². The number of piperidine rings is 1. The van der Waals surface area contributed by atoms with Gasteiger partial charge in [0, 0.05) is 71.0 Å². The van der Waals surface area contributed by atoms with E-state index < -0.39 is 16.0 Å². The maximum Gasteiger partial charge on any atom is 0.341 e. The van der Waals surface area contributed by atoms with Gasteiger partial charge in [0.15, 0.2) is 0 Å². The van der Waals surface area contributed by atoms with Crippen molar-refractivity contribution >= 4 is 21.9 Å². The molecule has 0 aliphatic carbocycles. The molecule has 0 unspecified atom stereocenters. The number of sulfonamides is 1. The SMILES string of the molecule is CCc1cnc(N2CCC(Oc3ccc(CN4CCN(S(C)(=O)=O)CC4)cc3C(=O)OC)CC2)nc1. The number of hydrogen-bond acceptors (Lipinski definition) is 9. The van der Waals surface area contributed by atoms with Crippen LogP contribution in [0.5, 0.6) is 5.75 Å². The van der Waals surface area contributed by atoms with E-state index in [9.17, 15) is 13.2 Å². The first-order chi connectivity index (χ1) is 17.3. The number of hydrogen-bond donors (Lipinski definition) is 0. The molecule has 0 amide bonds. The fourth-order valence-electron chi connectivity index (χ4n) is 4.57. The average Bonchev–Trinajstić information content (AvgIpc) is 2.89. The van der Waals surface area contributed by atoms with E-state index >= 15 is 0 Å². The van der Waals surface area contributed by atoms with Crippen LogP contribution in [0.25, 0.3) is 0 Å². The van der Waals surface area contributed by atoms with Crippen LogP contribution in [-0.2, 0) is 27.7 Å². The van der Waals surface area contributed by atoms with E-state index in [1.165, 1.54) is 17.7 Å². The lowest BCUT2D eigenvalue weighted by atomic mass is 10.1. The summed E-state index contributed by atoms with van der Waals surface area (Å²) in [7, 11) is -1.80. The molecule has 0 atom stereocenters. The quantitative estimate of drug-likeness (QED) is 0.486. The van der Waals surface area contributed by atoms with Crippen LogP contribution < -0.4 is 9.64 Å². The fraction of sp³-hybridized carbons (Fsp3) is 0.560. The number of rotatable bonds is 8. The first-order valence-electron chi connectivity index (χ1n) is 12.4. The fourth-order valence-corrected chi connectivity index (χ4v) is 5.40. The molecule has 196 valence electrons. The topological polar surface area (TPSA) is 105 Å². The van der Waals surface area contributed by atoms with Crippen molar-refractivity contribution in [3.05, 3.63) is 47.3 Å². The molecule has 0 radical (unpaired) electrons.